The Morgan fingerprint density at radius 3 is 2.77 bits per heavy atom. The Kier molecular flexibility index (Phi) is 7.39. The number of amides is 1. The predicted molar refractivity (Wildman–Crippen MR) is 117 cm³/mol. The van der Waals surface area contributed by atoms with Crippen LogP contribution in [0.4, 0.5) is 0 Å². The molecule has 0 saturated carbocycles. The Bertz CT molecular complexity index is 1010. The Balaban J connectivity index is 1.62. The van der Waals surface area contributed by atoms with Gasteiger partial charge in [-0.05, 0) is 55.5 Å². The highest BCUT2D eigenvalue weighted by Crippen LogP contribution is 2.28. The van der Waals surface area contributed by atoms with Crippen LogP contribution in [0.5, 0.6) is 5.75 Å². The number of hydrogen-bond donors (Lipinski definition) is 1. The summed E-state index contributed by atoms with van der Waals surface area (Å²) in [6.07, 6.45) is 1.96. The third kappa shape index (κ3) is 4.96. The van der Waals surface area contributed by atoms with Crippen LogP contribution in [0, 0.1) is 12.8 Å². The standard InChI is InChI=1S/C22H27ClN2O4S/c1-16-19(23)9-5-11-21(16)30(27,28)25-14-6-8-18(15-25)22(26)24-13-12-17-7-3-4-10-20(17)29-2/h3-5,7,9-11,18H,6,8,12-15H2,1-2H3,(H,24,26). The molecule has 1 saturated heterocycles. The van der Waals surface area contributed by atoms with E-state index in [1.165, 1.54) is 4.31 Å². The first kappa shape index (κ1) is 22.6. The van der Waals surface area contributed by atoms with Gasteiger partial charge >= 0.3 is 0 Å². The highest BCUT2D eigenvalue weighted by Gasteiger charge is 2.34. The largest absolute Gasteiger partial charge is 0.496 e. The molecule has 30 heavy (non-hydrogen) atoms. The molecule has 6 nitrogen and oxygen atoms in total. The Morgan fingerprint density at radius 2 is 2.00 bits per heavy atom. The maximum atomic E-state index is 13.1. The van der Waals surface area contributed by atoms with Gasteiger partial charge in [-0.1, -0.05) is 35.9 Å². The molecule has 162 valence electrons. The van der Waals surface area contributed by atoms with E-state index in [1.54, 1.807) is 32.2 Å². The molecule has 0 aliphatic carbocycles. The minimum Gasteiger partial charge on any atom is -0.496 e. The summed E-state index contributed by atoms with van der Waals surface area (Å²) in [4.78, 5) is 12.9. The number of para-hydroxylation sites is 1. The quantitative estimate of drug-likeness (QED) is 0.701. The van der Waals surface area contributed by atoms with Gasteiger partial charge in [0.2, 0.25) is 15.9 Å². The van der Waals surface area contributed by atoms with Crippen LogP contribution in [0.2, 0.25) is 5.02 Å². The van der Waals surface area contributed by atoms with Crippen LogP contribution >= 0.6 is 11.6 Å². The van der Waals surface area contributed by atoms with Crippen molar-refractivity contribution in [2.24, 2.45) is 5.92 Å². The molecular weight excluding hydrogens is 424 g/mol. The van der Waals surface area contributed by atoms with E-state index in [-0.39, 0.29) is 23.3 Å². The van der Waals surface area contributed by atoms with Gasteiger partial charge in [-0.2, -0.15) is 4.31 Å². The molecule has 2 aromatic carbocycles. The van der Waals surface area contributed by atoms with E-state index in [0.717, 1.165) is 11.3 Å². The van der Waals surface area contributed by atoms with Gasteiger partial charge in [0.1, 0.15) is 5.75 Å². The van der Waals surface area contributed by atoms with E-state index in [1.807, 2.05) is 24.3 Å². The van der Waals surface area contributed by atoms with Crippen LogP contribution in [0.25, 0.3) is 0 Å². The smallest absolute Gasteiger partial charge is 0.243 e. The molecule has 1 unspecified atom stereocenters. The molecule has 1 heterocycles. The lowest BCUT2D eigenvalue weighted by atomic mass is 9.98. The fraction of sp³-hybridized carbons (Fsp3) is 0.409. The number of rotatable bonds is 7. The van der Waals surface area contributed by atoms with Crippen molar-refractivity contribution < 1.29 is 17.9 Å². The lowest BCUT2D eigenvalue weighted by Gasteiger charge is -2.31. The van der Waals surface area contributed by atoms with E-state index < -0.39 is 10.0 Å². The Morgan fingerprint density at radius 1 is 1.23 bits per heavy atom. The molecule has 1 fully saturated rings. The number of benzene rings is 2. The number of carbonyl (C=O) groups excluding carboxylic acids is 1. The fourth-order valence-corrected chi connectivity index (χ4v) is 5.76. The minimum atomic E-state index is -3.70. The molecule has 1 aliphatic rings. The molecule has 0 aromatic heterocycles. The van der Waals surface area contributed by atoms with Gasteiger partial charge in [-0.15, -0.1) is 0 Å². The number of hydrogen-bond acceptors (Lipinski definition) is 4. The molecule has 1 N–H and O–H groups in total. The first-order valence-corrected chi connectivity index (χ1v) is 11.8. The van der Waals surface area contributed by atoms with Crippen LogP contribution in [0.3, 0.4) is 0 Å². The first-order valence-electron chi connectivity index (χ1n) is 9.99. The maximum absolute atomic E-state index is 13.1. The van der Waals surface area contributed by atoms with Gasteiger partial charge in [0, 0.05) is 24.7 Å². The Labute approximate surface area is 183 Å². The molecule has 1 aliphatic heterocycles. The average molecular weight is 451 g/mol. The van der Waals surface area contributed by atoms with Crippen molar-refractivity contribution in [2.75, 3.05) is 26.7 Å². The van der Waals surface area contributed by atoms with Crippen LogP contribution < -0.4 is 10.1 Å². The predicted octanol–water partition coefficient (Wildman–Crippen LogP) is 3.42. The molecular formula is C22H27ClN2O4S. The Hall–Kier alpha value is -2.09. The molecule has 0 spiro atoms. The van der Waals surface area contributed by atoms with Gasteiger partial charge in [-0.3, -0.25) is 4.79 Å². The second-order valence-electron chi connectivity index (χ2n) is 7.42. The molecule has 1 amide bonds. The zero-order valence-electron chi connectivity index (χ0n) is 17.2. The van der Waals surface area contributed by atoms with Crippen molar-refractivity contribution in [3.05, 3.63) is 58.6 Å². The van der Waals surface area contributed by atoms with Crippen LogP contribution in [0.15, 0.2) is 47.4 Å². The number of ether oxygens (including phenoxy) is 1. The van der Waals surface area contributed by atoms with Gasteiger partial charge in [0.15, 0.2) is 0 Å². The summed E-state index contributed by atoms with van der Waals surface area (Å²) in [5.74, 6) is 0.303. The van der Waals surface area contributed by atoms with Gasteiger partial charge in [0.05, 0.1) is 17.9 Å². The summed E-state index contributed by atoms with van der Waals surface area (Å²) in [5.41, 5.74) is 1.55. The topological polar surface area (TPSA) is 75.7 Å². The molecule has 2 aromatic rings. The summed E-state index contributed by atoms with van der Waals surface area (Å²) in [6.45, 7) is 2.74. The second-order valence-corrected chi connectivity index (χ2v) is 9.73. The molecule has 3 rings (SSSR count). The van der Waals surface area contributed by atoms with Gasteiger partial charge in [-0.25, -0.2) is 8.42 Å². The SMILES string of the molecule is COc1ccccc1CCNC(=O)C1CCCN(S(=O)(=O)c2cccc(Cl)c2C)C1. The third-order valence-electron chi connectivity index (χ3n) is 5.48. The number of nitrogens with one attached hydrogen (secondary N) is 1. The maximum Gasteiger partial charge on any atom is 0.243 e. The van der Waals surface area contributed by atoms with Crippen molar-refractivity contribution in [1.82, 2.24) is 9.62 Å². The van der Waals surface area contributed by atoms with Gasteiger partial charge < -0.3 is 10.1 Å². The highest BCUT2D eigenvalue weighted by atomic mass is 35.5. The summed E-state index contributed by atoms with van der Waals surface area (Å²) in [7, 11) is -2.08. The van der Waals surface area contributed by atoms with Crippen LogP contribution in [0.1, 0.15) is 24.0 Å². The minimum absolute atomic E-state index is 0.118. The van der Waals surface area contributed by atoms with E-state index in [4.69, 9.17) is 16.3 Å². The van der Waals surface area contributed by atoms with Crippen molar-refractivity contribution in [1.29, 1.82) is 0 Å². The number of methoxy groups -OCH3 is 1. The zero-order valence-corrected chi connectivity index (χ0v) is 18.8. The first-order chi connectivity index (χ1) is 14.3. The van der Waals surface area contributed by atoms with Crippen molar-refractivity contribution in [2.45, 2.75) is 31.1 Å². The molecule has 0 radical (unpaired) electrons. The number of nitrogens with zero attached hydrogens (tertiary/aromatic N) is 1. The summed E-state index contributed by atoms with van der Waals surface area (Å²) >= 11 is 6.11. The van der Waals surface area contributed by atoms with Crippen molar-refractivity contribution in [3.8, 4) is 5.75 Å². The van der Waals surface area contributed by atoms with E-state index in [0.29, 0.717) is 42.9 Å². The van der Waals surface area contributed by atoms with Crippen molar-refractivity contribution >= 4 is 27.5 Å². The number of piperidine rings is 1. The number of carbonyl (C=O) groups is 1. The van der Waals surface area contributed by atoms with E-state index in [2.05, 4.69) is 5.32 Å². The molecule has 8 heteroatoms. The lowest BCUT2D eigenvalue weighted by molar-refractivity contribution is -0.126. The lowest BCUT2D eigenvalue weighted by Crippen LogP contribution is -2.45. The average Bonchev–Trinajstić information content (AvgIpc) is 2.76. The van der Waals surface area contributed by atoms with Crippen LogP contribution in [-0.4, -0.2) is 45.4 Å². The molecule has 1 atom stereocenters. The summed E-state index contributed by atoms with van der Waals surface area (Å²) in [5, 5.41) is 3.36. The van der Waals surface area contributed by atoms with Crippen molar-refractivity contribution in [3.63, 3.8) is 0 Å². The zero-order chi connectivity index (χ0) is 21.7. The monoisotopic (exact) mass is 450 g/mol. The fourth-order valence-electron chi connectivity index (χ4n) is 3.76. The molecule has 0 bridgehead atoms. The second kappa shape index (κ2) is 9.81. The third-order valence-corrected chi connectivity index (χ3v) is 7.90. The van der Waals surface area contributed by atoms with E-state index in [9.17, 15) is 13.2 Å². The summed E-state index contributed by atoms with van der Waals surface area (Å²) < 4.78 is 33.0. The van der Waals surface area contributed by atoms with E-state index >= 15 is 0 Å². The summed E-state index contributed by atoms with van der Waals surface area (Å²) in [6, 6.07) is 12.6. The number of halogens is 1. The normalized spacial score (nSPS) is 17.5. The van der Waals surface area contributed by atoms with Crippen LogP contribution in [-0.2, 0) is 21.2 Å². The highest BCUT2D eigenvalue weighted by molar-refractivity contribution is 7.89. The number of sulfonamides is 1. The van der Waals surface area contributed by atoms with Gasteiger partial charge in [0.25, 0.3) is 0 Å².